The number of hydrogen-bond donors (Lipinski definition) is 1. The first-order valence-electron chi connectivity index (χ1n) is 6.52. The summed E-state index contributed by atoms with van der Waals surface area (Å²) in [6.07, 6.45) is 9.35. The minimum Gasteiger partial charge on any atom is -0.378 e. The summed E-state index contributed by atoms with van der Waals surface area (Å²) in [6.45, 7) is 6.38. The Hall–Kier alpha value is -0.0800. The highest BCUT2D eigenvalue weighted by Gasteiger charge is 2.22. The van der Waals surface area contributed by atoms with E-state index in [4.69, 9.17) is 10.5 Å². The summed E-state index contributed by atoms with van der Waals surface area (Å²) in [5.74, 6) is 0. The lowest BCUT2D eigenvalue weighted by Crippen LogP contribution is -2.27. The van der Waals surface area contributed by atoms with Gasteiger partial charge in [-0.25, -0.2) is 0 Å². The monoisotopic (exact) mass is 213 g/mol. The summed E-state index contributed by atoms with van der Waals surface area (Å²) in [5, 5.41) is 0. The van der Waals surface area contributed by atoms with E-state index in [1.807, 2.05) is 0 Å². The molecule has 1 saturated heterocycles. The molecule has 2 N–H and O–H groups in total. The van der Waals surface area contributed by atoms with Crippen LogP contribution in [0.3, 0.4) is 0 Å². The van der Waals surface area contributed by atoms with Crippen molar-refractivity contribution in [2.75, 3.05) is 13.2 Å². The van der Waals surface area contributed by atoms with Gasteiger partial charge in [-0.3, -0.25) is 0 Å². The SMILES string of the molecule is CCCC(C)(CN)CCCC1CCCO1. The van der Waals surface area contributed by atoms with Crippen molar-refractivity contribution in [1.82, 2.24) is 0 Å². The fourth-order valence-electron chi connectivity index (χ4n) is 2.56. The predicted octanol–water partition coefficient (Wildman–Crippen LogP) is 3.10. The number of ether oxygens (including phenoxy) is 1. The van der Waals surface area contributed by atoms with Crippen molar-refractivity contribution in [2.24, 2.45) is 11.1 Å². The van der Waals surface area contributed by atoms with Crippen LogP contribution in [0.5, 0.6) is 0 Å². The molecule has 0 bridgehead atoms. The third-order valence-electron chi connectivity index (χ3n) is 3.68. The van der Waals surface area contributed by atoms with Gasteiger partial charge in [-0.2, -0.15) is 0 Å². The van der Waals surface area contributed by atoms with E-state index in [0.717, 1.165) is 13.2 Å². The van der Waals surface area contributed by atoms with Crippen molar-refractivity contribution in [1.29, 1.82) is 0 Å². The second-order valence-electron chi connectivity index (χ2n) is 5.29. The molecule has 1 aliphatic rings. The number of rotatable bonds is 7. The molecule has 0 aromatic carbocycles. The van der Waals surface area contributed by atoms with Crippen molar-refractivity contribution in [3.63, 3.8) is 0 Å². The highest BCUT2D eigenvalue weighted by molar-refractivity contribution is 4.76. The van der Waals surface area contributed by atoms with Gasteiger partial charge in [0.05, 0.1) is 6.10 Å². The Balaban J connectivity index is 2.15. The van der Waals surface area contributed by atoms with Crippen LogP contribution in [0.25, 0.3) is 0 Å². The molecular weight excluding hydrogens is 186 g/mol. The molecule has 1 rings (SSSR count). The van der Waals surface area contributed by atoms with Crippen molar-refractivity contribution < 1.29 is 4.74 Å². The first-order chi connectivity index (χ1) is 7.20. The van der Waals surface area contributed by atoms with Gasteiger partial charge in [0.2, 0.25) is 0 Å². The maximum atomic E-state index is 5.86. The molecule has 2 nitrogen and oxygen atoms in total. The summed E-state index contributed by atoms with van der Waals surface area (Å²) in [7, 11) is 0. The van der Waals surface area contributed by atoms with Crippen LogP contribution in [0, 0.1) is 5.41 Å². The van der Waals surface area contributed by atoms with Crippen molar-refractivity contribution in [3.8, 4) is 0 Å². The Morgan fingerprint density at radius 1 is 1.40 bits per heavy atom. The molecule has 90 valence electrons. The van der Waals surface area contributed by atoms with Gasteiger partial charge in [-0.05, 0) is 44.1 Å². The molecule has 0 amide bonds. The highest BCUT2D eigenvalue weighted by atomic mass is 16.5. The van der Waals surface area contributed by atoms with E-state index >= 15 is 0 Å². The van der Waals surface area contributed by atoms with Crippen molar-refractivity contribution in [3.05, 3.63) is 0 Å². The molecule has 0 saturated carbocycles. The quantitative estimate of drug-likeness (QED) is 0.705. The molecule has 2 heteroatoms. The van der Waals surface area contributed by atoms with Gasteiger partial charge in [-0.1, -0.05) is 26.7 Å². The Morgan fingerprint density at radius 3 is 2.73 bits per heavy atom. The molecule has 0 spiro atoms. The van der Waals surface area contributed by atoms with Crippen LogP contribution in [0.2, 0.25) is 0 Å². The third-order valence-corrected chi connectivity index (χ3v) is 3.68. The molecule has 2 atom stereocenters. The van der Waals surface area contributed by atoms with Crippen LogP contribution in [-0.4, -0.2) is 19.3 Å². The van der Waals surface area contributed by atoms with Crippen LogP contribution in [0.15, 0.2) is 0 Å². The van der Waals surface area contributed by atoms with Crippen LogP contribution < -0.4 is 5.73 Å². The molecule has 0 radical (unpaired) electrons. The minimum absolute atomic E-state index is 0.368. The van der Waals surface area contributed by atoms with Crippen LogP contribution >= 0.6 is 0 Å². The van der Waals surface area contributed by atoms with Crippen LogP contribution in [0.1, 0.15) is 58.8 Å². The summed E-state index contributed by atoms with van der Waals surface area (Å²) in [5.41, 5.74) is 6.22. The summed E-state index contributed by atoms with van der Waals surface area (Å²) in [4.78, 5) is 0. The van der Waals surface area contributed by atoms with E-state index in [2.05, 4.69) is 13.8 Å². The molecule has 2 unspecified atom stereocenters. The molecule has 1 fully saturated rings. The fraction of sp³-hybridized carbons (Fsp3) is 1.00. The first-order valence-corrected chi connectivity index (χ1v) is 6.52. The second kappa shape index (κ2) is 6.49. The zero-order valence-corrected chi connectivity index (χ0v) is 10.4. The Kier molecular flexibility index (Phi) is 5.62. The lowest BCUT2D eigenvalue weighted by molar-refractivity contribution is 0.0978. The van der Waals surface area contributed by atoms with Gasteiger partial charge in [0.15, 0.2) is 0 Å². The minimum atomic E-state index is 0.368. The fourth-order valence-corrected chi connectivity index (χ4v) is 2.56. The van der Waals surface area contributed by atoms with E-state index < -0.39 is 0 Å². The molecule has 1 heterocycles. The average molecular weight is 213 g/mol. The third kappa shape index (κ3) is 4.52. The van der Waals surface area contributed by atoms with Gasteiger partial charge < -0.3 is 10.5 Å². The highest BCUT2D eigenvalue weighted by Crippen LogP contribution is 2.29. The zero-order valence-electron chi connectivity index (χ0n) is 10.4. The van der Waals surface area contributed by atoms with Gasteiger partial charge >= 0.3 is 0 Å². The smallest absolute Gasteiger partial charge is 0.0576 e. The molecule has 15 heavy (non-hydrogen) atoms. The molecular formula is C13H27NO. The zero-order chi connectivity index (χ0) is 11.1. The maximum Gasteiger partial charge on any atom is 0.0576 e. The number of hydrogen-bond acceptors (Lipinski definition) is 2. The average Bonchev–Trinajstić information content (AvgIpc) is 2.71. The van der Waals surface area contributed by atoms with Crippen LogP contribution in [-0.2, 0) is 4.74 Å². The topological polar surface area (TPSA) is 35.2 Å². The van der Waals surface area contributed by atoms with Crippen LogP contribution in [0.4, 0.5) is 0 Å². The molecule has 1 aliphatic heterocycles. The first kappa shape index (κ1) is 13.0. The van der Waals surface area contributed by atoms with Crippen molar-refractivity contribution in [2.45, 2.75) is 64.9 Å². The second-order valence-corrected chi connectivity index (χ2v) is 5.29. The van der Waals surface area contributed by atoms with E-state index in [-0.39, 0.29) is 0 Å². The Bertz CT molecular complexity index is 166. The predicted molar refractivity (Wildman–Crippen MR) is 64.9 cm³/mol. The Labute approximate surface area is 94.6 Å². The standard InChI is InChI=1S/C13H27NO/c1-3-8-13(2,11-14)9-4-6-12-7-5-10-15-12/h12H,3-11,14H2,1-2H3. The summed E-state index contributed by atoms with van der Waals surface area (Å²) >= 11 is 0. The molecule has 0 aliphatic carbocycles. The van der Waals surface area contributed by atoms with Gasteiger partial charge in [0.25, 0.3) is 0 Å². The van der Waals surface area contributed by atoms with Gasteiger partial charge in [0.1, 0.15) is 0 Å². The van der Waals surface area contributed by atoms with E-state index in [1.165, 1.54) is 44.9 Å². The summed E-state index contributed by atoms with van der Waals surface area (Å²) in [6, 6.07) is 0. The molecule has 0 aromatic heterocycles. The largest absolute Gasteiger partial charge is 0.378 e. The van der Waals surface area contributed by atoms with E-state index in [0.29, 0.717) is 11.5 Å². The van der Waals surface area contributed by atoms with Gasteiger partial charge in [-0.15, -0.1) is 0 Å². The molecule has 0 aromatic rings. The normalized spacial score (nSPS) is 25.4. The lowest BCUT2D eigenvalue weighted by Gasteiger charge is -2.28. The van der Waals surface area contributed by atoms with Gasteiger partial charge in [0, 0.05) is 6.61 Å². The van der Waals surface area contributed by atoms with E-state index in [9.17, 15) is 0 Å². The maximum absolute atomic E-state index is 5.86. The summed E-state index contributed by atoms with van der Waals surface area (Å²) < 4.78 is 5.63. The van der Waals surface area contributed by atoms with Crippen molar-refractivity contribution >= 4 is 0 Å². The number of nitrogens with two attached hydrogens (primary N) is 1. The Morgan fingerprint density at radius 2 is 2.20 bits per heavy atom. The van der Waals surface area contributed by atoms with E-state index in [1.54, 1.807) is 0 Å². The lowest BCUT2D eigenvalue weighted by atomic mass is 9.80.